The molecule has 122 heavy (non-hydrogen) atoms. The molecule has 8 fully saturated rings. The van der Waals surface area contributed by atoms with Crippen molar-refractivity contribution in [3.05, 3.63) is 84.3 Å². The molecule has 30 nitrogen and oxygen atoms in total. The summed E-state index contributed by atoms with van der Waals surface area (Å²) in [5.74, 6) is -1.98. The summed E-state index contributed by atoms with van der Waals surface area (Å²) >= 11 is 13.9. The Morgan fingerprint density at radius 3 is 1.29 bits per heavy atom. The first kappa shape index (κ1) is 95.4. The van der Waals surface area contributed by atoms with E-state index < -0.39 is 81.7 Å². The third-order valence-corrected chi connectivity index (χ3v) is 25.6. The first-order valence-corrected chi connectivity index (χ1v) is 42.2. The number of hydrogen-bond acceptors (Lipinski definition) is 26. The van der Waals surface area contributed by atoms with Crippen molar-refractivity contribution in [3.8, 4) is 45.8 Å². The maximum atomic E-state index is 14.9. The molecule has 658 valence electrons. The number of pyridine rings is 2. The normalized spacial score (nSPS) is 25.5. The standard InChI is InChI=1S/C45H57ClN4O10.C44H55ClN4O10.Li.2H2O/c1-9-27-20-45(27,42(54)56-8)21-35(51)34-17-29(22-50(34)41(53)31(44(4,5)6)18-38(52)60-28-15-25-14-26(25)16-28)59-37-19-32(33-23-58-43(49-33)47-24(2)3)48-40-30(37)10-11-36(39(40)46)57-13-12-55-7;1-8-26-19-44(26,41(53)54)20-34(50)33-16-28(21-49(33)40(52)30(43(4,5)6)17-37(51)59-27-14-24-13-25(24)15-27)58-36-18-31(32-22-57-42(48-32)46-23(2)3)47-39-29(36)9-10-35(38(39)45)56-12-11-55-7;;;/h9-11,19,23-29,31,34H,1,12-18,20-22H2,2-8H3,(H,47,49);8-10,18,22-28,30,33H,1,11-17,19-21H2,2-7H3,(H,46,48)(H,53,54);;2*1H2/q;;+1;;/p-1/t25-,26+,27-,28?,29-,31-,34+,45-;24-,25+,26-,27?,28-,30-,33+,44-;;;/m11.../s1. The van der Waals surface area contributed by atoms with Gasteiger partial charge >= 0.3 is 42.7 Å². The number of Topliss-reactive ketones (excluding diaryl/α,β-unsaturated/α-hetero) is 2. The third kappa shape index (κ3) is 21.4. The van der Waals surface area contributed by atoms with Crippen LogP contribution in [-0.2, 0) is 62.0 Å². The zero-order chi connectivity index (χ0) is 85.5. The van der Waals surface area contributed by atoms with Gasteiger partial charge in [0.05, 0.1) is 103 Å². The van der Waals surface area contributed by atoms with Crippen LogP contribution in [0.5, 0.6) is 23.0 Å². The fourth-order valence-electron chi connectivity index (χ4n) is 17.8. The van der Waals surface area contributed by atoms with Crippen molar-refractivity contribution in [2.75, 3.05) is 71.5 Å². The average molecular weight is 1730 g/mol. The zero-order valence-electron chi connectivity index (χ0n) is 72.2. The number of amides is 2. The van der Waals surface area contributed by atoms with E-state index in [1.54, 1.807) is 62.8 Å². The van der Waals surface area contributed by atoms with Gasteiger partial charge in [-0.05, 0) is 150 Å². The van der Waals surface area contributed by atoms with Crippen molar-refractivity contribution in [1.82, 2.24) is 29.7 Å². The number of nitrogens with zero attached hydrogens (tertiary/aromatic N) is 6. The van der Waals surface area contributed by atoms with E-state index in [4.69, 9.17) is 84.6 Å². The second-order valence-corrected chi connectivity index (χ2v) is 37.0. The van der Waals surface area contributed by atoms with Crippen molar-refractivity contribution in [2.24, 2.45) is 69.0 Å². The number of hydrogen-bond donors (Lipinski definition) is 3. The summed E-state index contributed by atoms with van der Waals surface area (Å²) < 4.78 is 64.0. The second-order valence-electron chi connectivity index (χ2n) is 36.3. The number of ketones is 2. The minimum Gasteiger partial charge on any atom is -0.870 e. The summed E-state index contributed by atoms with van der Waals surface area (Å²) in [6.07, 6.45) is 10.6. The maximum Gasteiger partial charge on any atom is 1.00 e. The SMILES string of the molecule is C=C[C@@H]1C[C@]1(CC(=O)[C@@H]1C[C@@H](Oc2cc(-c3coc(NC(C)C)n3)nc3c(Cl)c(OCCOC)ccc23)CN1C(=O)[C@@H](CC(=O)OC1C[C@@H]2C[C@@H]2C1)C(C)(C)C)C(=O)O.C=C[C@@H]1C[C@]1(CC(=O)[C@@H]1C[C@@H](Oc2cc(-c3coc(NC(C)C)n3)nc3c(Cl)c(OCCOC)ccc23)CN1C(=O)[C@@H](CC(=O)OC1C[C@@H]2C[C@@H]2C1)C(C)(C)C)C(=O)OC.O.[Li+].[OH-]. The van der Waals surface area contributed by atoms with Crippen molar-refractivity contribution < 1.29 is 125 Å². The predicted molar refractivity (Wildman–Crippen MR) is 448 cm³/mol. The number of aliphatic carboxylic acids is 1. The van der Waals surface area contributed by atoms with E-state index in [1.165, 1.54) is 42.3 Å². The Labute approximate surface area is 732 Å². The Morgan fingerprint density at radius 2 is 0.943 bits per heavy atom. The molecule has 14 rings (SSSR count). The number of halogens is 2. The monoisotopic (exact) mass is 1720 g/mol. The Hall–Kier alpha value is -8.86. The van der Waals surface area contributed by atoms with E-state index in [-0.39, 0.29) is 171 Å². The van der Waals surface area contributed by atoms with Crippen molar-refractivity contribution in [1.29, 1.82) is 0 Å². The second kappa shape index (κ2) is 39.1. The van der Waals surface area contributed by atoms with Gasteiger partial charge < -0.3 is 88.0 Å². The topological polar surface area (TPSA) is 410 Å². The summed E-state index contributed by atoms with van der Waals surface area (Å²) in [7, 11) is 4.46. The molecular formula is C89H115Cl2LiN8O22. The minimum atomic E-state index is -1.28. The molecule has 0 radical (unpaired) electrons. The van der Waals surface area contributed by atoms with Gasteiger partial charge in [-0.1, -0.05) is 76.9 Å². The van der Waals surface area contributed by atoms with Gasteiger partial charge in [0.25, 0.3) is 12.0 Å². The molecule has 0 spiro atoms. The van der Waals surface area contributed by atoms with Crippen LogP contribution in [-0.4, -0.2) is 202 Å². The number of rotatable bonds is 36. The number of esters is 3. The molecule has 6 saturated carbocycles. The molecule has 0 bridgehead atoms. The predicted octanol–water partition coefficient (Wildman–Crippen LogP) is 10.8. The number of fused-ring (bicyclic) bond motifs is 4. The number of ether oxygens (including phenoxy) is 9. The summed E-state index contributed by atoms with van der Waals surface area (Å²) in [5, 5.41) is 18.1. The molecule has 2 saturated heterocycles. The van der Waals surface area contributed by atoms with Crippen LogP contribution in [0.2, 0.25) is 10.0 Å². The largest absolute Gasteiger partial charge is 1.00 e. The van der Waals surface area contributed by atoms with Crippen molar-refractivity contribution >= 4 is 104 Å². The van der Waals surface area contributed by atoms with Crippen LogP contribution in [0.15, 0.2) is 83.1 Å². The van der Waals surface area contributed by atoms with Gasteiger partial charge in [0, 0.05) is 74.9 Å². The van der Waals surface area contributed by atoms with Crippen LogP contribution >= 0.6 is 23.2 Å². The third-order valence-electron chi connectivity index (χ3n) is 24.8. The maximum absolute atomic E-state index is 14.9. The molecule has 33 heteroatoms. The van der Waals surface area contributed by atoms with Crippen LogP contribution in [0.3, 0.4) is 0 Å². The number of likely N-dealkylation sites (tertiary alicyclic amines) is 2. The minimum absolute atomic E-state index is 0. The van der Waals surface area contributed by atoms with Gasteiger partial charge in [0.2, 0.25) is 11.8 Å². The molecule has 16 atom stereocenters. The zero-order valence-corrected chi connectivity index (χ0v) is 73.7. The molecule has 6 aromatic rings. The Morgan fingerprint density at radius 1 is 0.557 bits per heavy atom. The fraction of sp³-hybridized carbons (Fsp3) is 0.596. The number of allylic oxidation sites excluding steroid dienone is 2. The molecule has 8 aliphatic rings. The van der Waals surface area contributed by atoms with Gasteiger partial charge in [-0.15, -0.1) is 13.2 Å². The number of carbonyl (C=O) groups is 8. The quantitative estimate of drug-likeness (QED) is 0.0108. The number of methoxy groups -OCH3 is 3. The van der Waals surface area contributed by atoms with Crippen LogP contribution in [0.4, 0.5) is 12.0 Å². The van der Waals surface area contributed by atoms with Crippen LogP contribution in [0.1, 0.15) is 159 Å². The van der Waals surface area contributed by atoms with Crippen LogP contribution < -0.4 is 48.4 Å². The number of aromatic nitrogens is 4. The number of carbonyl (C=O) groups excluding carboxylic acids is 7. The molecule has 6 aliphatic carbocycles. The number of anilines is 2. The molecule has 2 aliphatic heterocycles. The van der Waals surface area contributed by atoms with Crippen LogP contribution in [0, 0.1) is 69.0 Å². The van der Waals surface area contributed by atoms with Crippen molar-refractivity contribution in [2.45, 2.75) is 208 Å². The molecule has 2 unspecified atom stereocenters. The first-order chi connectivity index (χ1) is 56.5. The smallest absolute Gasteiger partial charge is 0.870 e. The number of nitrogens with one attached hydrogen (secondary N) is 2. The van der Waals surface area contributed by atoms with Gasteiger partial charge in [0.1, 0.15) is 94.6 Å². The van der Waals surface area contributed by atoms with Gasteiger partial charge in [-0.25, -0.2) is 9.97 Å². The van der Waals surface area contributed by atoms with E-state index in [1.807, 2.05) is 69.2 Å². The fourth-order valence-corrected chi connectivity index (χ4v) is 18.3. The first-order valence-electron chi connectivity index (χ1n) is 41.5. The Kier molecular flexibility index (Phi) is 30.6. The number of benzene rings is 2. The van der Waals surface area contributed by atoms with E-state index in [2.05, 4.69) is 33.8 Å². The van der Waals surface area contributed by atoms with E-state index in [0.29, 0.717) is 123 Å². The number of oxazole rings is 2. The molecule has 6 N–H and O–H groups in total. The van der Waals surface area contributed by atoms with Crippen molar-refractivity contribution in [3.63, 3.8) is 0 Å². The van der Waals surface area contributed by atoms with Crippen LogP contribution in [0.25, 0.3) is 44.6 Å². The molecule has 2 amide bonds. The summed E-state index contributed by atoms with van der Waals surface area (Å²) in [5.41, 5.74) is -1.28. The number of carboxylic acids is 1. The molecule has 4 aromatic heterocycles. The molecular weight excluding hydrogens is 1610 g/mol. The van der Waals surface area contributed by atoms with E-state index in [0.717, 1.165) is 25.7 Å². The van der Waals surface area contributed by atoms with Gasteiger partial charge in [-0.3, -0.25) is 38.4 Å². The summed E-state index contributed by atoms with van der Waals surface area (Å²) in [6, 6.07) is 9.24. The van der Waals surface area contributed by atoms with E-state index in [9.17, 15) is 43.5 Å². The van der Waals surface area contributed by atoms with E-state index >= 15 is 0 Å². The average Bonchev–Trinajstić information content (AvgIpc) is 1.65. The number of carboxylic acid groups (broad SMARTS) is 1. The van der Waals surface area contributed by atoms with Gasteiger partial charge in [-0.2, -0.15) is 9.97 Å². The Bertz CT molecular complexity index is 4830. The van der Waals surface area contributed by atoms with Gasteiger partial charge in [0.15, 0.2) is 11.6 Å². The summed E-state index contributed by atoms with van der Waals surface area (Å²) in [6.45, 7) is 28.2. The Balaban J connectivity index is 0.000000250. The summed E-state index contributed by atoms with van der Waals surface area (Å²) in [4.78, 5) is 133. The molecule has 6 heterocycles. The molecule has 2 aromatic carbocycles.